The predicted molar refractivity (Wildman–Crippen MR) is 126 cm³/mol. The summed E-state index contributed by atoms with van der Waals surface area (Å²) in [7, 11) is 0. The van der Waals surface area contributed by atoms with E-state index in [4.69, 9.17) is 5.11 Å². The Bertz CT molecular complexity index is 723. The Hall–Kier alpha value is -1.84. The van der Waals surface area contributed by atoms with Crippen molar-refractivity contribution in [1.29, 1.82) is 0 Å². The van der Waals surface area contributed by atoms with Crippen LogP contribution in [0, 0.1) is 0 Å². The maximum absolute atomic E-state index is 11.1. The number of nitrogens with zero attached hydrogens (tertiary/aromatic N) is 1. The van der Waals surface area contributed by atoms with Crippen LogP contribution in [-0.4, -0.2) is 21.0 Å². The minimum Gasteiger partial charge on any atom is -0.478 e. The normalized spacial score (nSPS) is 11.4. The van der Waals surface area contributed by atoms with Gasteiger partial charge in [0, 0.05) is 6.42 Å². The predicted octanol–water partition coefficient (Wildman–Crippen LogP) is 8.07. The number of aryl methyl sites for hydroxylation is 1. The van der Waals surface area contributed by atoms with Crippen molar-refractivity contribution in [2.45, 2.75) is 116 Å². The molecule has 0 aliphatic rings. The average molecular weight is 415 g/mol. The summed E-state index contributed by atoms with van der Waals surface area (Å²) in [5, 5.41) is 9.08. The Morgan fingerprint density at radius 3 is 1.80 bits per heavy atom. The lowest BCUT2D eigenvalue weighted by atomic mass is 10.0. The molecule has 30 heavy (non-hydrogen) atoms. The summed E-state index contributed by atoms with van der Waals surface area (Å²) in [5.74, 6) is 0.0729. The molecule has 0 radical (unpaired) electrons. The van der Waals surface area contributed by atoms with Gasteiger partial charge in [-0.05, 0) is 24.6 Å². The van der Waals surface area contributed by atoms with Gasteiger partial charge in [0.1, 0.15) is 5.82 Å². The van der Waals surface area contributed by atoms with Gasteiger partial charge in [-0.15, -0.1) is 0 Å². The summed E-state index contributed by atoms with van der Waals surface area (Å²) in [5.41, 5.74) is 1.98. The molecule has 4 nitrogen and oxygen atoms in total. The number of benzene rings is 1. The minimum atomic E-state index is -0.897. The van der Waals surface area contributed by atoms with Crippen molar-refractivity contribution in [3.8, 4) is 0 Å². The lowest BCUT2D eigenvalue weighted by Gasteiger charge is -2.03. The summed E-state index contributed by atoms with van der Waals surface area (Å²) in [6.07, 6.45) is 23.0. The van der Waals surface area contributed by atoms with E-state index in [1.54, 1.807) is 18.2 Å². The van der Waals surface area contributed by atoms with E-state index in [0.29, 0.717) is 5.56 Å². The van der Waals surface area contributed by atoms with Gasteiger partial charge in [-0.2, -0.15) is 0 Å². The van der Waals surface area contributed by atoms with Crippen LogP contribution in [0.1, 0.15) is 126 Å². The van der Waals surface area contributed by atoms with Crippen LogP contribution in [0.3, 0.4) is 0 Å². The molecule has 1 aromatic heterocycles. The summed E-state index contributed by atoms with van der Waals surface area (Å²) < 4.78 is 0. The SMILES string of the molecule is CCCCCCCCCCCCCCCCCCc1nc2ccc(C(=O)O)cc2[nH]1. The first-order valence-electron chi connectivity index (χ1n) is 12.4. The number of aromatic carboxylic acids is 1. The number of rotatable bonds is 18. The van der Waals surface area contributed by atoms with Crippen molar-refractivity contribution in [3.63, 3.8) is 0 Å². The third-order valence-electron chi connectivity index (χ3n) is 6.05. The van der Waals surface area contributed by atoms with Crippen molar-refractivity contribution >= 4 is 17.0 Å². The second-order valence-corrected chi connectivity index (χ2v) is 8.77. The number of aromatic nitrogens is 2. The topological polar surface area (TPSA) is 66.0 Å². The van der Waals surface area contributed by atoms with Crippen molar-refractivity contribution < 1.29 is 9.90 Å². The van der Waals surface area contributed by atoms with Crippen LogP contribution < -0.4 is 0 Å². The number of aromatic amines is 1. The number of unbranched alkanes of at least 4 members (excludes halogenated alkanes) is 15. The number of hydrogen-bond acceptors (Lipinski definition) is 2. The summed E-state index contributed by atoms with van der Waals surface area (Å²) >= 11 is 0. The van der Waals surface area contributed by atoms with Crippen LogP contribution in [0.4, 0.5) is 0 Å². The molecule has 168 valence electrons. The van der Waals surface area contributed by atoms with Gasteiger partial charge >= 0.3 is 5.97 Å². The van der Waals surface area contributed by atoms with Crippen molar-refractivity contribution in [3.05, 3.63) is 29.6 Å². The summed E-state index contributed by atoms with van der Waals surface area (Å²) in [4.78, 5) is 18.9. The van der Waals surface area contributed by atoms with E-state index in [1.807, 2.05) is 0 Å². The van der Waals surface area contributed by atoms with Crippen LogP contribution in [0.5, 0.6) is 0 Å². The van der Waals surface area contributed by atoms with Gasteiger partial charge in [0.15, 0.2) is 0 Å². The van der Waals surface area contributed by atoms with Gasteiger partial charge in [-0.25, -0.2) is 9.78 Å². The third kappa shape index (κ3) is 9.77. The molecular formula is C26H42N2O2. The molecule has 2 N–H and O–H groups in total. The molecule has 0 fully saturated rings. The highest BCUT2D eigenvalue weighted by Crippen LogP contribution is 2.17. The molecule has 0 saturated carbocycles. The molecule has 2 aromatic rings. The second-order valence-electron chi connectivity index (χ2n) is 8.77. The smallest absolute Gasteiger partial charge is 0.335 e. The van der Waals surface area contributed by atoms with Crippen molar-refractivity contribution in [2.24, 2.45) is 0 Å². The van der Waals surface area contributed by atoms with Crippen molar-refractivity contribution in [2.75, 3.05) is 0 Å². The first-order chi connectivity index (χ1) is 14.7. The van der Waals surface area contributed by atoms with Gasteiger partial charge in [0.2, 0.25) is 0 Å². The quantitative estimate of drug-likeness (QED) is 0.242. The van der Waals surface area contributed by atoms with E-state index < -0.39 is 5.97 Å². The van der Waals surface area contributed by atoms with E-state index >= 15 is 0 Å². The zero-order valence-electron chi connectivity index (χ0n) is 19.1. The Labute approximate surface area is 182 Å². The third-order valence-corrected chi connectivity index (χ3v) is 6.05. The number of fused-ring (bicyclic) bond motifs is 1. The molecule has 0 unspecified atom stereocenters. The zero-order chi connectivity index (χ0) is 21.4. The van der Waals surface area contributed by atoms with Crippen molar-refractivity contribution in [1.82, 2.24) is 9.97 Å². The first kappa shape index (κ1) is 24.4. The summed E-state index contributed by atoms with van der Waals surface area (Å²) in [6.45, 7) is 2.28. The van der Waals surface area contributed by atoms with Crippen LogP contribution in [0.2, 0.25) is 0 Å². The molecule has 0 saturated heterocycles. The van der Waals surface area contributed by atoms with Crippen LogP contribution in [-0.2, 0) is 6.42 Å². The fourth-order valence-corrected chi connectivity index (χ4v) is 4.15. The Morgan fingerprint density at radius 2 is 1.30 bits per heavy atom. The minimum absolute atomic E-state index is 0.306. The number of nitrogens with one attached hydrogen (secondary N) is 1. The zero-order valence-corrected chi connectivity index (χ0v) is 19.1. The first-order valence-corrected chi connectivity index (χ1v) is 12.4. The lowest BCUT2D eigenvalue weighted by Crippen LogP contribution is -1.94. The standard InChI is InChI=1S/C26H42N2O2/c1-2-3-4-5-6-7-8-9-10-11-12-13-14-15-16-17-18-25-27-23-20-19-22(26(29)30)21-24(23)28-25/h19-21H,2-18H2,1H3,(H,27,28)(H,29,30). The molecular weight excluding hydrogens is 372 g/mol. The number of carboxylic acids is 1. The van der Waals surface area contributed by atoms with E-state index in [-0.39, 0.29) is 0 Å². The largest absolute Gasteiger partial charge is 0.478 e. The van der Waals surface area contributed by atoms with Gasteiger partial charge < -0.3 is 10.1 Å². The van der Waals surface area contributed by atoms with Gasteiger partial charge in [0.25, 0.3) is 0 Å². The van der Waals surface area contributed by atoms with Crippen LogP contribution >= 0.6 is 0 Å². The monoisotopic (exact) mass is 414 g/mol. The van der Waals surface area contributed by atoms with E-state index in [1.165, 1.54) is 96.3 Å². The molecule has 4 heteroatoms. The number of imidazole rings is 1. The maximum atomic E-state index is 11.1. The number of H-pyrrole nitrogens is 1. The van der Waals surface area contributed by atoms with E-state index in [2.05, 4.69) is 16.9 Å². The maximum Gasteiger partial charge on any atom is 0.335 e. The Kier molecular flexibility index (Phi) is 12.2. The molecule has 0 amide bonds. The van der Waals surface area contributed by atoms with Crippen LogP contribution in [0.15, 0.2) is 18.2 Å². The van der Waals surface area contributed by atoms with Gasteiger partial charge in [-0.1, -0.05) is 103 Å². The highest BCUT2D eigenvalue weighted by atomic mass is 16.4. The fraction of sp³-hybridized carbons (Fsp3) is 0.692. The average Bonchev–Trinajstić information content (AvgIpc) is 3.15. The van der Waals surface area contributed by atoms with Crippen LogP contribution in [0.25, 0.3) is 11.0 Å². The fourth-order valence-electron chi connectivity index (χ4n) is 4.15. The Balaban J connectivity index is 1.41. The number of hydrogen-bond donors (Lipinski definition) is 2. The molecule has 0 bridgehead atoms. The molecule has 1 aromatic carbocycles. The molecule has 2 rings (SSSR count). The van der Waals surface area contributed by atoms with Gasteiger partial charge in [0.05, 0.1) is 16.6 Å². The second kappa shape index (κ2) is 15.0. The number of carboxylic acid groups (broad SMARTS) is 1. The molecule has 0 atom stereocenters. The molecule has 0 aliphatic carbocycles. The highest BCUT2D eigenvalue weighted by Gasteiger charge is 2.07. The molecule has 0 aliphatic heterocycles. The van der Waals surface area contributed by atoms with E-state index in [9.17, 15) is 4.79 Å². The number of carbonyl (C=O) groups is 1. The molecule has 0 spiro atoms. The van der Waals surface area contributed by atoms with E-state index in [0.717, 1.165) is 29.7 Å². The highest BCUT2D eigenvalue weighted by molar-refractivity contribution is 5.92. The Morgan fingerprint density at radius 1 is 0.800 bits per heavy atom. The lowest BCUT2D eigenvalue weighted by molar-refractivity contribution is 0.0697. The molecule has 1 heterocycles. The van der Waals surface area contributed by atoms with Gasteiger partial charge in [-0.3, -0.25) is 0 Å². The summed E-state index contributed by atoms with van der Waals surface area (Å²) in [6, 6.07) is 5.07.